The van der Waals surface area contributed by atoms with Crippen LogP contribution in [0, 0.1) is 13.8 Å². The number of carbonyl (C=O) groups excluding carboxylic acids is 1. The second kappa shape index (κ2) is 5.29. The molecule has 1 fully saturated rings. The number of aryl methyl sites for hydroxylation is 2. The molecule has 2 N–H and O–H groups in total. The van der Waals surface area contributed by atoms with Crippen LogP contribution in [-0.4, -0.2) is 42.0 Å². The van der Waals surface area contributed by atoms with Gasteiger partial charge in [0, 0.05) is 41.8 Å². The lowest BCUT2D eigenvalue weighted by Gasteiger charge is -2.20. The molecule has 20 heavy (non-hydrogen) atoms. The number of H-pyrrole nitrogens is 1. The molecule has 0 atom stereocenters. The number of aromatic nitrogens is 1. The number of fused-ring (bicyclic) bond motifs is 1. The highest BCUT2D eigenvalue weighted by Gasteiger charge is 2.18. The molecule has 1 aliphatic heterocycles. The molecule has 1 amide bonds. The average Bonchev–Trinajstić information content (AvgIpc) is 2.66. The van der Waals surface area contributed by atoms with Crippen LogP contribution < -0.4 is 5.32 Å². The Labute approximate surface area is 119 Å². The summed E-state index contributed by atoms with van der Waals surface area (Å²) in [5, 5.41) is 4.48. The highest BCUT2D eigenvalue weighted by Crippen LogP contribution is 2.23. The van der Waals surface area contributed by atoms with E-state index in [2.05, 4.69) is 24.1 Å². The number of amides is 1. The first-order chi connectivity index (χ1) is 9.66. The van der Waals surface area contributed by atoms with Crippen LogP contribution in [0.4, 0.5) is 0 Å². The summed E-state index contributed by atoms with van der Waals surface area (Å²) in [7, 11) is 0. The summed E-state index contributed by atoms with van der Waals surface area (Å²) in [6.07, 6.45) is 1.02. The van der Waals surface area contributed by atoms with Crippen LogP contribution in [0.2, 0.25) is 0 Å². The molecule has 1 aromatic heterocycles. The molecule has 2 heterocycles. The Morgan fingerprint density at radius 1 is 1.20 bits per heavy atom. The number of nitrogens with one attached hydrogen (secondary N) is 2. The maximum atomic E-state index is 12.6. The average molecular weight is 271 g/mol. The zero-order valence-corrected chi connectivity index (χ0v) is 12.1. The van der Waals surface area contributed by atoms with Gasteiger partial charge < -0.3 is 15.2 Å². The Balaban J connectivity index is 1.92. The van der Waals surface area contributed by atoms with E-state index in [4.69, 9.17) is 0 Å². The molecule has 1 aliphatic rings. The van der Waals surface area contributed by atoms with Gasteiger partial charge in [0.25, 0.3) is 5.91 Å². The van der Waals surface area contributed by atoms with Crippen LogP contribution in [-0.2, 0) is 0 Å². The molecule has 2 aromatic rings. The fourth-order valence-electron chi connectivity index (χ4n) is 2.83. The van der Waals surface area contributed by atoms with Crippen molar-refractivity contribution in [2.45, 2.75) is 20.3 Å². The van der Waals surface area contributed by atoms with Gasteiger partial charge in [-0.2, -0.15) is 0 Å². The summed E-state index contributed by atoms with van der Waals surface area (Å²) in [6, 6.07) is 5.96. The molecule has 0 aliphatic carbocycles. The van der Waals surface area contributed by atoms with Gasteiger partial charge in [-0.15, -0.1) is 0 Å². The molecule has 0 saturated carbocycles. The quantitative estimate of drug-likeness (QED) is 0.835. The van der Waals surface area contributed by atoms with Gasteiger partial charge in [0.1, 0.15) is 0 Å². The van der Waals surface area contributed by atoms with Crippen LogP contribution in [0.15, 0.2) is 18.2 Å². The van der Waals surface area contributed by atoms with Gasteiger partial charge in [0.15, 0.2) is 0 Å². The minimum Gasteiger partial charge on any atom is -0.358 e. The van der Waals surface area contributed by atoms with Crippen LogP contribution in [0.1, 0.15) is 28.0 Å². The zero-order valence-electron chi connectivity index (χ0n) is 12.1. The van der Waals surface area contributed by atoms with Gasteiger partial charge >= 0.3 is 0 Å². The minimum absolute atomic E-state index is 0.147. The first kappa shape index (κ1) is 13.2. The van der Waals surface area contributed by atoms with Gasteiger partial charge in [0.05, 0.1) is 0 Å². The Morgan fingerprint density at radius 3 is 2.90 bits per heavy atom. The van der Waals surface area contributed by atoms with Crippen LogP contribution >= 0.6 is 0 Å². The molecule has 106 valence electrons. The smallest absolute Gasteiger partial charge is 0.253 e. The van der Waals surface area contributed by atoms with Crippen molar-refractivity contribution >= 4 is 16.8 Å². The van der Waals surface area contributed by atoms with Gasteiger partial charge in [-0.25, -0.2) is 0 Å². The lowest BCUT2D eigenvalue weighted by Crippen LogP contribution is -2.34. The van der Waals surface area contributed by atoms with Crippen molar-refractivity contribution in [2.24, 2.45) is 0 Å². The summed E-state index contributed by atoms with van der Waals surface area (Å²) in [4.78, 5) is 17.9. The molecule has 0 bridgehead atoms. The third-order valence-corrected chi connectivity index (χ3v) is 4.18. The Bertz CT molecular complexity index is 636. The zero-order chi connectivity index (χ0) is 14.1. The highest BCUT2D eigenvalue weighted by molar-refractivity contribution is 5.99. The van der Waals surface area contributed by atoms with E-state index < -0.39 is 0 Å². The van der Waals surface area contributed by atoms with E-state index in [1.54, 1.807) is 0 Å². The number of nitrogens with zero attached hydrogens (tertiary/aromatic N) is 1. The van der Waals surface area contributed by atoms with Crippen molar-refractivity contribution in [3.63, 3.8) is 0 Å². The Morgan fingerprint density at radius 2 is 2.05 bits per heavy atom. The third kappa shape index (κ3) is 2.31. The molecular formula is C16H21N3O. The lowest BCUT2D eigenvalue weighted by atomic mass is 10.1. The predicted molar refractivity (Wildman–Crippen MR) is 81.2 cm³/mol. The largest absolute Gasteiger partial charge is 0.358 e. The summed E-state index contributed by atoms with van der Waals surface area (Å²) < 4.78 is 0. The van der Waals surface area contributed by atoms with Crippen molar-refractivity contribution in [3.05, 3.63) is 35.0 Å². The van der Waals surface area contributed by atoms with E-state index in [1.807, 2.05) is 23.1 Å². The number of hydrogen-bond donors (Lipinski definition) is 2. The number of benzene rings is 1. The fraction of sp³-hybridized carbons (Fsp3) is 0.438. The Hall–Kier alpha value is -1.81. The van der Waals surface area contributed by atoms with E-state index in [0.717, 1.165) is 49.1 Å². The van der Waals surface area contributed by atoms with Crippen molar-refractivity contribution in [2.75, 3.05) is 26.2 Å². The normalized spacial score (nSPS) is 16.4. The summed E-state index contributed by atoms with van der Waals surface area (Å²) in [5.41, 5.74) is 4.30. The SMILES string of the molecule is Cc1[nH]c2ccc(C(=O)N3CCCNCC3)cc2c1C. The first-order valence-electron chi connectivity index (χ1n) is 7.26. The van der Waals surface area contributed by atoms with Crippen molar-refractivity contribution < 1.29 is 4.79 Å². The second-order valence-electron chi connectivity index (χ2n) is 5.53. The van der Waals surface area contributed by atoms with Crippen molar-refractivity contribution in [1.29, 1.82) is 0 Å². The van der Waals surface area contributed by atoms with Gasteiger partial charge in [-0.3, -0.25) is 4.79 Å². The van der Waals surface area contributed by atoms with Crippen LogP contribution in [0.5, 0.6) is 0 Å². The number of carbonyl (C=O) groups is 1. The maximum absolute atomic E-state index is 12.6. The predicted octanol–water partition coefficient (Wildman–Crippen LogP) is 2.22. The topological polar surface area (TPSA) is 48.1 Å². The molecule has 1 aromatic carbocycles. The van der Waals surface area contributed by atoms with Crippen LogP contribution in [0.25, 0.3) is 10.9 Å². The molecular weight excluding hydrogens is 250 g/mol. The van der Waals surface area contributed by atoms with E-state index in [-0.39, 0.29) is 5.91 Å². The first-order valence-corrected chi connectivity index (χ1v) is 7.26. The van der Waals surface area contributed by atoms with E-state index in [9.17, 15) is 4.79 Å². The standard InChI is InChI=1S/C16H21N3O/c1-11-12(2)18-15-5-4-13(10-14(11)15)16(20)19-8-3-6-17-7-9-19/h4-5,10,17-18H,3,6-9H2,1-2H3. The van der Waals surface area contributed by atoms with E-state index in [0.29, 0.717) is 0 Å². The number of aromatic amines is 1. The van der Waals surface area contributed by atoms with E-state index >= 15 is 0 Å². The molecule has 4 heteroatoms. The summed E-state index contributed by atoms with van der Waals surface area (Å²) in [6.45, 7) is 7.68. The highest BCUT2D eigenvalue weighted by atomic mass is 16.2. The number of rotatable bonds is 1. The fourth-order valence-corrected chi connectivity index (χ4v) is 2.83. The van der Waals surface area contributed by atoms with Crippen molar-refractivity contribution in [1.82, 2.24) is 15.2 Å². The Kier molecular flexibility index (Phi) is 3.49. The number of hydrogen-bond acceptors (Lipinski definition) is 2. The van der Waals surface area contributed by atoms with Crippen LogP contribution in [0.3, 0.4) is 0 Å². The minimum atomic E-state index is 0.147. The van der Waals surface area contributed by atoms with Gasteiger partial charge in [-0.1, -0.05) is 0 Å². The molecule has 1 saturated heterocycles. The molecule has 0 radical (unpaired) electrons. The third-order valence-electron chi connectivity index (χ3n) is 4.18. The second-order valence-corrected chi connectivity index (χ2v) is 5.53. The molecule has 0 unspecified atom stereocenters. The van der Waals surface area contributed by atoms with Gasteiger partial charge in [-0.05, 0) is 50.6 Å². The molecule has 3 rings (SSSR count). The monoisotopic (exact) mass is 271 g/mol. The van der Waals surface area contributed by atoms with Crippen molar-refractivity contribution in [3.8, 4) is 0 Å². The maximum Gasteiger partial charge on any atom is 0.253 e. The van der Waals surface area contributed by atoms with Gasteiger partial charge in [0.2, 0.25) is 0 Å². The summed E-state index contributed by atoms with van der Waals surface area (Å²) >= 11 is 0. The van der Waals surface area contributed by atoms with E-state index in [1.165, 1.54) is 11.3 Å². The summed E-state index contributed by atoms with van der Waals surface area (Å²) in [5.74, 6) is 0.147. The molecule has 4 nitrogen and oxygen atoms in total. The lowest BCUT2D eigenvalue weighted by molar-refractivity contribution is 0.0766. The molecule has 0 spiro atoms.